The summed E-state index contributed by atoms with van der Waals surface area (Å²) in [5, 5.41) is 7.26. The first-order chi connectivity index (χ1) is 17.6. The van der Waals surface area contributed by atoms with Crippen LogP contribution >= 0.6 is 24.8 Å². The second-order valence-electron chi connectivity index (χ2n) is 10.8. The number of amides is 1. The first-order valence-corrected chi connectivity index (χ1v) is 14.1. The molecule has 3 fully saturated rings. The molecule has 0 spiro atoms. The highest BCUT2D eigenvalue weighted by Crippen LogP contribution is 2.34. The lowest BCUT2D eigenvalue weighted by atomic mass is 9.92. The number of carbonyl (C=O) groups is 1. The van der Waals surface area contributed by atoms with Gasteiger partial charge in [0.2, 0.25) is 5.95 Å². The van der Waals surface area contributed by atoms with Crippen LogP contribution in [0.1, 0.15) is 90.0 Å². The lowest BCUT2D eigenvalue weighted by Gasteiger charge is -2.32. The summed E-state index contributed by atoms with van der Waals surface area (Å²) in [5.41, 5.74) is 7.86. The Morgan fingerprint density at radius 1 is 1.00 bits per heavy atom. The van der Waals surface area contributed by atoms with Crippen molar-refractivity contribution >= 4 is 53.8 Å². The summed E-state index contributed by atoms with van der Waals surface area (Å²) in [6.07, 6.45) is 14.4. The summed E-state index contributed by atoms with van der Waals surface area (Å²) in [5.74, 6) is 1.46. The van der Waals surface area contributed by atoms with Crippen LogP contribution in [-0.2, 0) is 4.74 Å². The quantitative estimate of drug-likeness (QED) is 0.366. The number of unbranched alkanes of at least 4 members (excludes halogenated alkanes) is 1. The van der Waals surface area contributed by atoms with Crippen molar-refractivity contribution in [1.82, 2.24) is 24.4 Å². The van der Waals surface area contributed by atoms with E-state index in [0.29, 0.717) is 43.8 Å². The van der Waals surface area contributed by atoms with Gasteiger partial charge in [0.25, 0.3) is 0 Å². The molecule has 1 amide bonds. The van der Waals surface area contributed by atoms with Crippen molar-refractivity contribution in [3.05, 3.63) is 6.33 Å². The minimum Gasteiger partial charge on any atom is -0.449 e. The number of rotatable bonds is 8. The number of fused-ring (bicyclic) bond motifs is 1. The van der Waals surface area contributed by atoms with Crippen LogP contribution in [0.3, 0.4) is 0 Å². The van der Waals surface area contributed by atoms with E-state index in [-0.39, 0.29) is 36.9 Å². The number of nitrogens with one attached hydrogen (secondary N) is 2. The lowest BCUT2D eigenvalue weighted by molar-refractivity contribution is 0.0928. The molecule has 2 aliphatic carbocycles. The van der Waals surface area contributed by atoms with Crippen molar-refractivity contribution in [3.63, 3.8) is 0 Å². The summed E-state index contributed by atoms with van der Waals surface area (Å²) in [6.45, 7) is 3.96. The normalized spacial score (nSPS) is 22.5. The molecule has 3 heterocycles. The van der Waals surface area contributed by atoms with Crippen molar-refractivity contribution in [2.75, 3.05) is 30.3 Å². The number of likely N-dealkylation sites (tertiary alicyclic amines) is 1. The van der Waals surface area contributed by atoms with Gasteiger partial charge in [-0.1, -0.05) is 26.2 Å². The standard InChI is InChI=1S/C26H42N8O2.2ClH/c1-2-3-16-36-26(35)33-14-12-20(13-15-33)29-23-22-24(34(17-28-22)21-6-4-5-7-21)32-25(31-23)30-19-10-8-18(27)9-11-19;;/h17-21H,2-16,27H2,1H3,(H2,29,30,31,32);2*1H. The number of piperidine rings is 1. The van der Waals surface area contributed by atoms with Gasteiger partial charge in [0.05, 0.1) is 12.9 Å². The number of nitrogens with two attached hydrogens (primary N) is 1. The summed E-state index contributed by atoms with van der Waals surface area (Å²) < 4.78 is 7.65. The number of anilines is 2. The maximum absolute atomic E-state index is 12.3. The fraction of sp³-hybridized carbons (Fsp3) is 0.769. The van der Waals surface area contributed by atoms with Gasteiger partial charge in [-0.2, -0.15) is 9.97 Å². The highest BCUT2D eigenvalue weighted by Gasteiger charge is 2.27. The number of hydrogen-bond acceptors (Lipinski definition) is 8. The second-order valence-corrected chi connectivity index (χ2v) is 10.8. The van der Waals surface area contributed by atoms with Gasteiger partial charge in [0, 0.05) is 37.3 Å². The minimum atomic E-state index is -0.194. The average molecular weight is 572 g/mol. The summed E-state index contributed by atoms with van der Waals surface area (Å²) >= 11 is 0. The van der Waals surface area contributed by atoms with E-state index in [1.54, 1.807) is 0 Å². The van der Waals surface area contributed by atoms with E-state index in [1.807, 2.05) is 11.2 Å². The van der Waals surface area contributed by atoms with Crippen molar-refractivity contribution in [1.29, 1.82) is 0 Å². The van der Waals surface area contributed by atoms with Crippen LogP contribution in [0.5, 0.6) is 0 Å². The summed E-state index contributed by atoms with van der Waals surface area (Å²) in [4.78, 5) is 28.8. The first kappa shape index (κ1) is 30.5. The number of hydrogen-bond donors (Lipinski definition) is 3. The number of imidazole rings is 1. The number of carbonyl (C=O) groups excluding carboxylic acids is 1. The first-order valence-electron chi connectivity index (χ1n) is 14.1. The fourth-order valence-electron chi connectivity index (χ4n) is 5.77. The molecular weight excluding hydrogens is 527 g/mol. The van der Waals surface area contributed by atoms with Crippen molar-refractivity contribution in [2.45, 2.75) is 108 Å². The molecular formula is C26H44Cl2N8O2. The number of ether oxygens (including phenoxy) is 1. The third-order valence-corrected chi connectivity index (χ3v) is 8.06. The number of aromatic nitrogens is 4. The molecule has 0 radical (unpaired) electrons. The van der Waals surface area contributed by atoms with Gasteiger partial charge in [0.15, 0.2) is 17.0 Å². The topological polar surface area (TPSA) is 123 Å². The molecule has 2 aromatic heterocycles. The zero-order chi connectivity index (χ0) is 24.9. The molecule has 5 rings (SSSR count). The van der Waals surface area contributed by atoms with Gasteiger partial charge in [-0.25, -0.2) is 9.78 Å². The Balaban J connectivity index is 0.00000200. The van der Waals surface area contributed by atoms with Crippen LogP contribution in [-0.4, -0.2) is 68.3 Å². The summed E-state index contributed by atoms with van der Waals surface area (Å²) in [6, 6.07) is 1.34. The fourth-order valence-corrected chi connectivity index (χ4v) is 5.77. The Bertz CT molecular complexity index is 1020. The van der Waals surface area contributed by atoms with E-state index < -0.39 is 0 Å². The molecule has 214 valence electrons. The van der Waals surface area contributed by atoms with Gasteiger partial charge >= 0.3 is 6.09 Å². The Morgan fingerprint density at radius 3 is 2.37 bits per heavy atom. The van der Waals surface area contributed by atoms with Gasteiger partial charge in [-0.05, 0) is 57.8 Å². The van der Waals surface area contributed by atoms with Gasteiger partial charge in [-0.15, -0.1) is 24.8 Å². The van der Waals surface area contributed by atoms with Gasteiger partial charge in [-0.3, -0.25) is 0 Å². The number of halogens is 2. The molecule has 2 saturated carbocycles. The summed E-state index contributed by atoms with van der Waals surface area (Å²) in [7, 11) is 0. The molecule has 12 heteroatoms. The average Bonchev–Trinajstić information content (AvgIpc) is 3.56. The zero-order valence-electron chi connectivity index (χ0n) is 22.4. The molecule has 0 atom stereocenters. The van der Waals surface area contributed by atoms with E-state index in [0.717, 1.165) is 68.3 Å². The highest BCUT2D eigenvalue weighted by atomic mass is 35.5. The van der Waals surface area contributed by atoms with Crippen LogP contribution in [0, 0.1) is 0 Å². The maximum atomic E-state index is 12.3. The lowest BCUT2D eigenvalue weighted by Crippen LogP contribution is -2.42. The van der Waals surface area contributed by atoms with Crippen molar-refractivity contribution in [2.24, 2.45) is 5.73 Å². The Hall–Kier alpha value is -2.04. The SMILES string of the molecule is CCCCOC(=O)N1CCC(Nc2nc(NC3CCC(N)CC3)nc3c2ncn3C2CCCC2)CC1.Cl.Cl. The monoisotopic (exact) mass is 570 g/mol. The van der Waals surface area contributed by atoms with Crippen LogP contribution in [0.2, 0.25) is 0 Å². The van der Waals surface area contributed by atoms with E-state index >= 15 is 0 Å². The molecule has 2 aromatic rings. The third kappa shape index (κ3) is 7.33. The van der Waals surface area contributed by atoms with E-state index in [1.165, 1.54) is 25.7 Å². The smallest absolute Gasteiger partial charge is 0.409 e. The maximum Gasteiger partial charge on any atom is 0.409 e. The van der Waals surface area contributed by atoms with Crippen LogP contribution < -0.4 is 16.4 Å². The Labute approximate surface area is 238 Å². The van der Waals surface area contributed by atoms with Crippen molar-refractivity contribution in [3.8, 4) is 0 Å². The Morgan fingerprint density at radius 2 is 1.68 bits per heavy atom. The number of nitrogens with zero attached hydrogens (tertiary/aromatic N) is 5. The van der Waals surface area contributed by atoms with Crippen LogP contribution in [0.4, 0.5) is 16.6 Å². The van der Waals surface area contributed by atoms with E-state index in [2.05, 4.69) is 22.1 Å². The molecule has 0 unspecified atom stereocenters. The van der Waals surface area contributed by atoms with E-state index in [4.69, 9.17) is 25.4 Å². The molecule has 0 aromatic carbocycles. The zero-order valence-corrected chi connectivity index (χ0v) is 24.1. The molecule has 1 aliphatic heterocycles. The molecule has 4 N–H and O–H groups in total. The Kier molecular flexibility index (Phi) is 11.5. The predicted molar refractivity (Wildman–Crippen MR) is 156 cm³/mol. The van der Waals surface area contributed by atoms with Crippen molar-refractivity contribution < 1.29 is 9.53 Å². The molecule has 10 nitrogen and oxygen atoms in total. The van der Waals surface area contributed by atoms with Crippen LogP contribution in [0.15, 0.2) is 6.33 Å². The van der Waals surface area contributed by atoms with Gasteiger partial charge < -0.3 is 30.6 Å². The predicted octanol–water partition coefficient (Wildman–Crippen LogP) is 5.28. The molecule has 0 bridgehead atoms. The van der Waals surface area contributed by atoms with Crippen LogP contribution in [0.25, 0.3) is 11.2 Å². The third-order valence-electron chi connectivity index (χ3n) is 8.06. The molecule has 1 saturated heterocycles. The molecule has 3 aliphatic rings. The van der Waals surface area contributed by atoms with E-state index in [9.17, 15) is 4.79 Å². The minimum absolute atomic E-state index is 0. The second kappa shape index (κ2) is 14.4. The van der Waals surface area contributed by atoms with Gasteiger partial charge in [0.1, 0.15) is 0 Å². The largest absolute Gasteiger partial charge is 0.449 e. The molecule has 38 heavy (non-hydrogen) atoms. The highest BCUT2D eigenvalue weighted by molar-refractivity contribution is 5.86.